The molecule has 8 heteroatoms. The molecule has 0 N–H and O–H groups in total. The average Bonchev–Trinajstić information content (AvgIpc) is 3.08. The zero-order chi connectivity index (χ0) is 33.0. The number of carboxylic acids is 2. The van der Waals surface area contributed by atoms with Crippen LogP contribution in [0.3, 0.4) is 0 Å². The molecular weight excluding hydrogens is 843 g/mol. The van der Waals surface area contributed by atoms with Gasteiger partial charge < -0.3 is 34.7 Å². The van der Waals surface area contributed by atoms with Crippen LogP contribution in [0, 0.1) is 14.9 Å². The first-order valence-electron chi connectivity index (χ1n) is 14.6. The summed E-state index contributed by atoms with van der Waals surface area (Å²) < 4.78 is 0. The minimum absolute atomic E-state index is 0. The second-order valence-corrected chi connectivity index (χ2v) is 14.1. The number of hydrogen-bond acceptors (Lipinski definition) is 4. The van der Waals surface area contributed by atoms with Crippen LogP contribution in [0.25, 0.3) is 0 Å². The summed E-state index contributed by atoms with van der Waals surface area (Å²) in [4.78, 5) is 17.8. The van der Waals surface area contributed by atoms with Crippen LogP contribution in [0.5, 0.6) is 0 Å². The van der Waals surface area contributed by atoms with Gasteiger partial charge in [-0.2, -0.15) is 0 Å². The number of benzene rings is 6. The van der Waals surface area contributed by atoms with Crippen LogP contribution in [0.4, 0.5) is 0 Å². The van der Waals surface area contributed by atoms with Crippen molar-refractivity contribution in [2.24, 2.45) is 0 Å². The van der Waals surface area contributed by atoms with Crippen molar-refractivity contribution in [2.45, 2.75) is 13.8 Å². The number of rotatable bonds is 6. The maximum atomic E-state index is 8.89. The van der Waals surface area contributed by atoms with Crippen LogP contribution >= 0.6 is 15.8 Å². The molecule has 6 aromatic rings. The Labute approximate surface area is 328 Å². The summed E-state index contributed by atoms with van der Waals surface area (Å²) in [5.74, 6) is -2.17. The van der Waals surface area contributed by atoms with Crippen molar-refractivity contribution < 1.29 is 60.6 Å². The third kappa shape index (κ3) is 17.9. The molecule has 0 aromatic heterocycles. The molecule has 50 heavy (non-hydrogen) atoms. The maximum Gasteiger partial charge on any atom is 2.00 e. The van der Waals surface area contributed by atoms with Gasteiger partial charge in [0.05, 0.1) is 0 Å². The van der Waals surface area contributed by atoms with Crippen LogP contribution in [-0.4, -0.2) is 11.9 Å². The van der Waals surface area contributed by atoms with Crippen molar-refractivity contribution in [3.8, 4) is 0 Å². The van der Waals surface area contributed by atoms with E-state index in [1.165, 1.54) is 31.8 Å². The molecule has 0 radical (unpaired) electrons. The molecule has 0 unspecified atom stereocenters. The summed E-state index contributed by atoms with van der Waals surface area (Å²) in [5, 5.41) is 26.2. The van der Waals surface area contributed by atoms with Crippen LogP contribution in [0.1, 0.15) is 13.8 Å². The van der Waals surface area contributed by atoms with Gasteiger partial charge >= 0.3 is 40.8 Å². The van der Waals surface area contributed by atoms with Crippen molar-refractivity contribution in [2.75, 3.05) is 0 Å². The standard InChI is InChI=1S/2C18H15P.2C2H4O2.2CH3.2Pd/c2*1-4-10-16(11-5-1)19(17-12-6-2-7-13-17)18-14-8-3-9-15-18;2*1-2(3)4;;;;/h2*1-15H;2*1H3,(H,3,4);2*1H3;;/q;;;;2*-1;2*+2/p-2. The molecule has 0 spiro atoms. The van der Waals surface area contributed by atoms with Gasteiger partial charge in [-0.15, -0.1) is 0 Å². The zero-order valence-corrected chi connectivity index (χ0v) is 33.4. The quantitative estimate of drug-likeness (QED) is 0.129. The molecule has 0 heterocycles. The summed E-state index contributed by atoms with van der Waals surface area (Å²) >= 11 is 0. The number of carboxylic acid groups (broad SMARTS) is 2. The van der Waals surface area contributed by atoms with E-state index in [0.29, 0.717) is 0 Å². The van der Waals surface area contributed by atoms with Gasteiger partial charge in [0.15, 0.2) is 0 Å². The van der Waals surface area contributed by atoms with Gasteiger partial charge in [0, 0.05) is 11.9 Å². The largest absolute Gasteiger partial charge is 2.00 e. The molecule has 0 fully saturated rings. The molecule has 0 aliphatic carbocycles. The van der Waals surface area contributed by atoms with E-state index >= 15 is 0 Å². The fourth-order valence-electron chi connectivity index (χ4n) is 4.36. The third-order valence-corrected chi connectivity index (χ3v) is 11.0. The number of carbonyl (C=O) groups excluding carboxylic acids is 2. The topological polar surface area (TPSA) is 80.3 Å². The van der Waals surface area contributed by atoms with Gasteiger partial charge in [0.2, 0.25) is 0 Å². The minimum Gasteiger partial charge on any atom is -0.550 e. The summed E-state index contributed by atoms with van der Waals surface area (Å²) in [6, 6.07) is 64.7. The van der Waals surface area contributed by atoms with Gasteiger partial charge in [-0.25, -0.2) is 0 Å². The minimum atomic E-state index is -1.08. The normalized spacial score (nSPS) is 9.04. The van der Waals surface area contributed by atoms with Crippen molar-refractivity contribution in [3.05, 3.63) is 197 Å². The molecule has 0 aliphatic heterocycles. The van der Waals surface area contributed by atoms with Gasteiger partial charge in [-0.3, -0.25) is 0 Å². The second kappa shape index (κ2) is 28.2. The van der Waals surface area contributed by atoms with Crippen molar-refractivity contribution in [1.82, 2.24) is 0 Å². The molecule has 0 bridgehead atoms. The van der Waals surface area contributed by atoms with Crippen LogP contribution in [0.15, 0.2) is 182 Å². The van der Waals surface area contributed by atoms with Gasteiger partial charge in [0.25, 0.3) is 0 Å². The molecule has 6 aromatic carbocycles. The first kappa shape index (κ1) is 48.6. The molecule has 6 rings (SSSR count). The maximum absolute atomic E-state index is 8.89. The summed E-state index contributed by atoms with van der Waals surface area (Å²) in [7, 11) is -0.892. The first-order chi connectivity index (χ1) is 22.4. The summed E-state index contributed by atoms with van der Waals surface area (Å²) in [6.07, 6.45) is 0. The Kier molecular flexibility index (Phi) is 27.4. The van der Waals surface area contributed by atoms with E-state index in [1.807, 2.05) is 0 Å². The number of carbonyl (C=O) groups is 2. The molecular formula is C42H42O4P2Pd2. The Morgan fingerprint density at radius 2 is 0.440 bits per heavy atom. The van der Waals surface area contributed by atoms with E-state index < -0.39 is 27.8 Å². The summed E-state index contributed by atoms with van der Waals surface area (Å²) in [6.45, 7) is 1.94. The average molecular weight is 886 g/mol. The Morgan fingerprint density at radius 1 is 0.340 bits per heavy atom. The Morgan fingerprint density at radius 3 is 0.540 bits per heavy atom. The van der Waals surface area contributed by atoms with Crippen molar-refractivity contribution in [1.29, 1.82) is 0 Å². The Hall–Kier alpha value is -3.56. The first-order valence-corrected chi connectivity index (χ1v) is 17.3. The summed E-state index contributed by atoms with van der Waals surface area (Å²) in [5.41, 5.74) is 0. The smallest absolute Gasteiger partial charge is 0.550 e. The Balaban J connectivity index is 0. The molecule has 0 amide bonds. The second-order valence-electron chi connectivity index (χ2n) is 9.67. The zero-order valence-electron chi connectivity index (χ0n) is 28.5. The van der Waals surface area contributed by atoms with Gasteiger partial charge in [0.1, 0.15) is 0 Å². The molecule has 0 saturated heterocycles. The SMILES string of the molecule is CC(=O)[O-].CC(=O)[O-].[CH3-].[CH3-].[Pd+2].[Pd+2].c1ccc(P(c2ccccc2)c2ccccc2)cc1.c1ccc(P(c2ccccc2)c2ccccc2)cc1. The van der Waals surface area contributed by atoms with Crippen LogP contribution < -0.4 is 42.0 Å². The van der Waals surface area contributed by atoms with Gasteiger partial charge in [-0.05, 0) is 61.5 Å². The number of hydrogen-bond donors (Lipinski definition) is 0. The molecule has 0 saturated carbocycles. The van der Waals surface area contributed by atoms with E-state index in [-0.39, 0.29) is 55.7 Å². The molecule has 0 atom stereocenters. The van der Waals surface area contributed by atoms with Crippen LogP contribution in [0.2, 0.25) is 0 Å². The fraction of sp³-hybridized carbons (Fsp3) is 0.0476. The van der Waals surface area contributed by atoms with E-state index in [4.69, 9.17) is 19.8 Å². The molecule has 264 valence electrons. The monoisotopic (exact) mass is 884 g/mol. The van der Waals surface area contributed by atoms with E-state index in [9.17, 15) is 0 Å². The fourth-order valence-corrected chi connectivity index (χ4v) is 8.97. The molecule has 0 aliphatic rings. The van der Waals surface area contributed by atoms with E-state index in [0.717, 1.165) is 13.8 Å². The molecule has 4 nitrogen and oxygen atoms in total. The van der Waals surface area contributed by atoms with Crippen LogP contribution in [-0.2, 0) is 50.4 Å². The predicted molar refractivity (Wildman–Crippen MR) is 204 cm³/mol. The van der Waals surface area contributed by atoms with Gasteiger partial charge in [-0.1, -0.05) is 182 Å². The van der Waals surface area contributed by atoms with E-state index in [2.05, 4.69) is 182 Å². The van der Waals surface area contributed by atoms with Crippen molar-refractivity contribution >= 4 is 59.6 Å². The third-order valence-electron chi connectivity index (χ3n) is 6.09. The number of aliphatic carboxylic acids is 2. The Bertz CT molecular complexity index is 1370. The van der Waals surface area contributed by atoms with E-state index in [1.54, 1.807) is 0 Å². The predicted octanol–water partition coefficient (Wildman–Crippen LogP) is 5.30. The van der Waals surface area contributed by atoms with Crippen molar-refractivity contribution in [3.63, 3.8) is 0 Å².